The highest BCUT2D eigenvalue weighted by Gasteiger charge is 2.32. The van der Waals surface area contributed by atoms with Gasteiger partial charge in [-0.15, -0.1) is 19.8 Å². The van der Waals surface area contributed by atoms with Crippen molar-refractivity contribution >= 4 is 11.6 Å². The minimum Gasteiger partial charge on any atom is -0.404 e. The number of halogens is 4. The minimum absolute atomic E-state index is 0.0129. The molecule has 2 rings (SSSR count). The zero-order valence-corrected chi connectivity index (χ0v) is 14.9. The standard InChI is InChI=1S/C18H24ClF3N2O/c1-2-3-4-5-6-16(24-11-9-23-10-12-24)14-7-8-17(15(19)13-14)25-18(20,21)22/h2,7-8,13,16,23H,1,3-6,9-12H2/t16-/m1/s1. The molecule has 1 aromatic rings. The molecule has 1 aromatic carbocycles. The molecule has 1 atom stereocenters. The molecule has 0 aromatic heterocycles. The minimum atomic E-state index is -4.74. The predicted molar refractivity (Wildman–Crippen MR) is 94.0 cm³/mol. The summed E-state index contributed by atoms with van der Waals surface area (Å²) in [4.78, 5) is 2.36. The van der Waals surface area contributed by atoms with Crippen LogP contribution in [0.15, 0.2) is 30.9 Å². The van der Waals surface area contributed by atoms with Crippen LogP contribution >= 0.6 is 11.6 Å². The summed E-state index contributed by atoms with van der Waals surface area (Å²) in [5.74, 6) is -0.358. The van der Waals surface area contributed by atoms with Crippen LogP contribution in [0.3, 0.4) is 0 Å². The van der Waals surface area contributed by atoms with Gasteiger partial charge in [-0.3, -0.25) is 4.90 Å². The van der Waals surface area contributed by atoms with Crippen LogP contribution in [-0.2, 0) is 0 Å². The molecule has 1 N–H and O–H groups in total. The van der Waals surface area contributed by atoms with Crippen LogP contribution in [0, 0.1) is 0 Å². The number of nitrogens with zero attached hydrogens (tertiary/aromatic N) is 1. The summed E-state index contributed by atoms with van der Waals surface area (Å²) < 4.78 is 41.2. The van der Waals surface area contributed by atoms with Gasteiger partial charge in [-0.1, -0.05) is 30.2 Å². The molecule has 140 valence electrons. The molecule has 0 unspecified atom stereocenters. The van der Waals surface area contributed by atoms with Gasteiger partial charge >= 0.3 is 6.36 Å². The monoisotopic (exact) mass is 376 g/mol. The molecule has 1 saturated heterocycles. The first-order valence-corrected chi connectivity index (χ1v) is 8.89. The van der Waals surface area contributed by atoms with Crippen LogP contribution in [-0.4, -0.2) is 37.4 Å². The summed E-state index contributed by atoms with van der Waals surface area (Å²) in [6, 6.07) is 4.74. The number of piperazine rings is 1. The second-order valence-corrected chi connectivity index (χ2v) is 6.52. The molecule has 25 heavy (non-hydrogen) atoms. The highest BCUT2D eigenvalue weighted by molar-refractivity contribution is 6.32. The van der Waals surface area contributed by atoms with Gasteiger partial charge in [-0.2, -0.15) is 0 Å². The molecule has 1 aliphatic heterocycles. The lowest BCUT2D eigenvalue weighted by Gasteiger charge is -2.35. The van der Waals surface area contributed by atoms with Crippen LogP contribution in [0.25, 0.3) is 0 Å². The average Bonchev–Trinajstić information content (AvgIpc) is 2.57. The maximum Gasteiger partial charge on any atom is 0.573 e. The van der Waals surface area contributed by atoms with E-state index in [0.29, 0.717) is 0 Å². The summed E-state index contributed by atoms with van der Waals surface area (Å²) in [5, 5.41) is 3.30. The first kappa shape index (κ1) is 20.1. The van der Waals surface area contributed by atoms with Crippen molar-refractivity contribution in [1.82, 2.24) is 10.2 Å². The van der Waals surface area contributed by atoms with E-state index in [-0.39, 0.29) is 16.8 Å². The van der Waals surface area contributed by atoms with E-state index < -0.39 is 6.36 Å². The molecule has 0 radical (unpaired) electrons. The van der Waals surface area contributed by atoms with Crippen LogP contribution in [0.2, 0.25) is 5.02 Å². The highest BCUT2D eigenvalue weighted by Crippen LogP contribution is 2.35. The van der Waals surface area contributed by atoms with Crippen molar-refractivity contribution in [1.29, 1.82) is 0 Å². The summed E-state index contributed by atoms with van der Waals surface area (Å²) in [6.45, 7) is 7.37. The predicted octanol–water partition coefficient (Wildman–Crippen LogP) is 4.93. The Labute approximate surface area is 151 Å². The second kappa shape index (κ2) is 9.46. The molecule has 7 heteroatoms. The van der Waals surface area contributed by atoms with E-state index in [0.717, 1.165) is 57.4 Å². The van der Waals surface area contributed by atoms with E-state index in [2.05, 4.69) is 21.5 Å². The number of benzene rings is 1. The number of unbranched alkanes of at least 4 members (excludes halogenated alkanes) is 2. The average molecular weight is 377 g/mol. The molecule has 1 fully saturated rings. The van der Waals surface area contributed by atoms with E-state index >= 15 is 0 Å². The van der Waals surface area contributed by atoms with Crippen molar-refractivity contribution < 1.29 is 17.9 Å². The van der Waals surface area contributed by atoms with Crippen LogP contribution in [0.5, 0.6) is 5.75 Å². The van der Waals surface area contributed by atoms with E-state index in [9.17, 15) is 13.2 Å². The van der Waals surface area contributed by atoms with Gasteiger partial charge in [0, 0.05) is 32.2 Å². The fraction of sp³-hybridized carbons (Fsp3) is 0.556. The number of hydrogen-bond acceptors (Lipinski definition) is 3. The van der Waals surface area contributed by atoms with E-state index in [1.54, 1.807) is 12.1 Å². The Kier molecular flexibility index (Phi) is 7.59. The highest BCUT2D eigenvalue weighted by atomic mass is 35.5. The summed E-state index contributed by atoms with van der Waals surface area (Å²) >= 11 is 6.03. The maximum absolute atomic E-state index is 12.4. The van der Waals surface area contributed by atoms with Crippen molar-refractivity contribution in [2.24, 2.45) is 0 Å². The Morgan fingerprint density at radius 1 is 1.28 bits per heavy atom. The zero-order chi connectivity index (χ0) is 18.3. The number of ether oxygens (including phenoxy) is 1. The number of allylic oxidation sites excluding steroid dienone is 1. The molecule has 0 saturated carbocycles. The lowest BCUT2D eigenvalue weighted by Crippen LogP contribution is -2.45. The van der Waals surface area contributed by atoms with Gasteiger partial charge in [-0.25, -0.2) is 0 Å². The zero-order valence-electron chi connectivity index (χ0n) is 14.1. The van der Waals surface area contributed by atoms with Crippen LogP contribution < -0.4 is 10.1 Å². The lowest BCUT2D eigenvalue weighted by atomic mass is 9.98. The molecule has 0 aliphatic carbocycles. The van der Waals surface area contributed by atoms with Gasteiger partial charge in [0.1, 0.15) is 5.75 Å². The van der Waals surface area contributed by atoms with E-state index in [1.807, 2.05) is 6.08 Å². The third-order valence-corrected chi connectivity index (χ3v) is 4.59. The van der Waals surface area contributed by atoms with Crippen LogP contribution in [0.4, 0.5) is 13.2 Å². The maximum atomic E-state index is 12.4. The number of alkyl halides is 3. The van der Waals surface area contributed by atoms with Crippen molar-refractivity contribution in [2.45, 2.75) is 38.1 Å². The Morgan fingerprint density at radius 3 is 2.60 bits per heavy atom. The third kappa shape index (κ3) is 6.53. The van der Waals surface area contributed by atoms with Gasteiger partial charge in [0.2, 0.25) is 0 Å². The van der Waals surface area contributed by atoms with Crippen molar-refractivity contribution in [3.63, 3.8) is 0 Å². The lowest BCUT2D eigenvalue weighted by molar-refractivity contribution is -0.274. The number of nitrogens with one attached hydrogen (secondary N) is 1. The smallest absolute Gasteiger partial charge is 0.404 e. The molecule has 0 bridgehead atoms. The van der Waals surface area contributed by atoms with Gasteiger partial charge in [0.15, 0.2) is 0 Å². The first-order chi connectivity index (χ1) is 11.9. The normalized spacial score (nSPS) is 17.3. The van der Waals surface area contributed by atoms with Crippen molar-refractivity contribution in [2.75, 3.05) is 26.2 Å². The topological polar surface area (TPSA) is 24.5 Å². The molecule has 3 nitrogen and oxygen atoms in total. The summed E-state index contributed by atoms with van der Waals surface area (Å²) in [7, 11) is 0. The van der Waals surface area contributed by atoms with E-state index in [1.165, 1.54) is 6.07 Å². The second-order valence-electron chi connectivity index (χ2n) is 6.11. The Bertz CT molecular complexity index is 560. The number of rotatable bonds is 8. The molecular weight excluding hydrogens is 353 g/mol. The van der Waals surface area contributed by atoms with Gasteiger partial charge in [-0.05, 0) is 37.0 Å². The quantitative estimate of drug-likeness (QED) is 0.514. The third-order valence-electron chi connectivity index (χ3n) is 4.29. The van der Waals surface area contributed by atoms with E-state index in [4.69, 9.17) is 11.6 Å². The van der Waals surface area contributed by atoms with Gasteiger partial charge in [0.25, 0.3) is 0 Å². The van der Waals surface area contributed by atoms with Crippen molar-refractivity contribution in [3.05, 3.63) is 41.4 Å². The number of hydrogen-bond donors (Lipinski definition) is 1. The molecular formula is C18H24ClF3N2O. The summed E-state index contributed by atoms with van der Waals surface area (Å²) in [5.41, 5.74) is 0.931. The fourth-order valence-electron chi connectivity index (χ4n) is 3.11. The molecule has 1 heterocycles. The fourth-order valence-corrected chi connectivity index (χ4v) is 3.34. The Morgan fingerprint density at radius 2 is 2.00 bits per heavy atom. The SMILES string of the molecule is C=CCCCC[C@H](c1ccc(OC(F)(F)F)c(Cl)c1)N1CCNCC1. The van der Waals surface area contributed by atoms with Crippen molar-refractivity contribution in [3.8, 4) is 5.75 Å². The van der Waals surface area contributed by atoms with Gasteiger partial charge < -0.3 is 10.1 Å². The molecule has 1 aliphatic rings. The van der Waals surface area contributed by atoms with Gasteiger partial charge in [0.05, 0.1) is 5.02 Å². The molecule has 0 spiro atoms. The first-order valence-electron chi connectivity index (χ1n) is 8.51. The summed E-state index contributed by atoms with van der Waals surface area (Å²) in [6.07, 6.45) is 1.14. The van der Waals surface area contributed by atoms with Crippen LogP contribution in [0.1, 0.15) is 37.3 Å². The molecule has 0 amide bonds. The Hall–Kier alpha value is -1.24. The largest absolute Gasteiger partial charge is 0.573 e. The Balaban J connectivity index is 2.14.